The van der Waals surface area contributed by atoms with E-state index in [9.17, 15) is 4.79 Å². The van der Waals surface area contributed by atoms with Crippen LogP contribution >= 0.6 is 0 Å². The molecule has 0 fully saturated rings. The van der Waals surface area contributed by atoms with Gasteiger partial charge < -0.3 is 5.32 Å². The molecule has 0 saturated heterocycles. The van der Waals surface area contributed by atoms with Crippen molar-refractivity contribution < 1.29 is 4.79 Å². The van der Waals surface area contributed by atoms with Crippen molar-refractivity contribution in [3.05, 3.63) is 70.8 Å². The van der Waals surface area contributed by atoms with Gasteiger partial charge in [-0.25, -0.2) is 0 Å². The van der Waals surface area contributed by atoms with Gasteiger partial charge in [0.05, 0.1) is 12.1 Å². The molecule has 2 aromatic rings. The molecule has 0 saturated carbocycles. The Hall–Kier alpha value is -2.13. The van der Waals surface area contributed by atoms with Crippen LogP contribution in [0.3, 0.4) is 0 Å². The number of hydrogen-bond acceptors (Lipinski definition) is 2. The molecule has 2 atom stereocenters. The number of fused-ring (bicyclic) bond motifs is 1. The van der Waals surface area contributed by atoms with Gasteiger partial charge in [0.25, 0.3) is 0 Å². The van der Waals surface area contributed by atoms with Gasteiger partial charge in [-0.15, -0.1) is 0 Å². The summed E-state index contributed by atoms with van der Waals surface area (Å²) in [7, 11) is 2.02. The lowest BCUT2D eigenvalue weighted by atomic mass is 9.86. The molecule has 0 spiro atoms. The Morgan fingerprint density at radius 2 is 1.82 bits per heavy atom. The Morgan fingerprint density at radius 1 is 1.14 bits per heavy atom. The van der Waals surface area contributed by atoms with Gasteiger partial charge in [0.1, 0.15) is 0 Å². The van der Waals surface area contributed by atoms with Gasteiger partial charge in [-0.05, 0) is 60.9 Å². The second-order valence-corrected chi connectivity index (χ2v) is 9.19. The fraction of sp³-hybridized carbons (Fsp3) is 0.480. The predicted octanol–water partition coefficient (Wildman–Crippen LogP) is 5.00. The van der Waals surface area contributed by atoms with E-state index < -0.39 is 0 Å². The topological polar surface area (TPSA) is 32.3 Å². The van der Waals surface area contributed by atoms with Crippen molar-refractivity contribution >= 4 is 5.91 Å². The van der Waals surface area contributed by atoms with Crippen LogP contribution in [0.2, 0.25) is 0 Å². The van der Waals surface area contributed by atoms with Gasteiger partial charge >= 0.3 is 0 Å². The summed E-state index contributed by atoms with van der Waals surface area (Å²) in [5.74, 6) is 0.107. The van der Waals surface area contributed by atoms with Crippen LogP contribution in [0, 0.1) is 0 Å². The minimum atomic E-state index is -0.170. The molecular formula is C25H34N2O. The molecule has 0 bridgehead atoms. The van der Waals surface area contributed by atoms with Crippen LogP contribution in [0.4, 0.5) is 0 Å². The first kappa shape index (κ1) is 20.6. The van der Waals surface area contributed by atoms with Gasteiger partial charge in [-0.2, -0.15) is 0 Å². The molecule has 28 heavy (non-hydrogen) atoms. The number of hydrogen-bond donors (Lipinski definition) is 1. The standard InChI is InChI=1S/C25H34N2O/c1-18(27(5)17-19-13-15-21(16-14-19)25(2,3)4)24(28)26-23-12-8-10-20-9-6-7-11-22(20)23/h6-7,9,11,13-16,18,23H,8,10,12,17H2,1-5H3,(H,26,28)/t18-,23-/m0/s1. The molecule has 2 aromatic carbocycles. The molecule has 1 N–H and O–H groups in total. The molecule has 150 valence electrons. The highest BCUT2D eigenvalue weighted by Gasteiger charge is 2.25. The minimum Gasteiger partial charge on any atom is -0.348 e. The third-order valence-electron chi connectivity index (χ3n) is 5.98. The largest absolute Gasteiger partial charge is 0.348 e. The summed E-state index contributed by atoms with van der Waals surface area (Å²) in [5, 5.41) is 3.29. The molecule has 3 heteroatoms. The number of carbonyl (C=O) groups excluding carboxylic acids is 1. The van der Waals surface area contributed by atoms with Crippen molar-refractivity contribution in [2.45, 2.75) is 71.0 Å². The summed E-state index contributed by atoms with van der Waals surface area (Å²) in [6, 6.07) is 17.2. The van der Waals surface area contributed by atoms with Gasteiger partial charge in [-0.1, -0.05) is 69.3 Å². The summed E-state index contributed by atoms with van der Waals surface area (Å²) in [6.07, 6.45) is 3.27. The molecule has 0 heterocycles. The van der Waals surface area contributed by atoms with E-state index in [1.165, 1.54) is 22.3 Å². The van der Waals surface area contributed by atoms with E-state index in [2.05, 4.69) is 79.5 Å². The highest BCUT2D eigenvalue weighted by atomic mass is 16.2. The zero-order valence-corrected chi connectivity index (χ0v) is 18.0. The van der Waals surface area contributed by atoms with Crippen LogP contribution in [0.1, 0.15) is 68.8 Å². The second kappa shape index (κ2) is 8.48. The van der Waals surface area contributed by atoms with Crippen LogP contribution in [0.5, 0.6) is 0 Å². The fourth-order valence-corrected chi connectivity index (χ4v) is 3.93. The Labute approximate surface area is 170 Å². The maximum atomic E-state index is 12.9. The molecule has 1 aliphatic rings. The SMILES string of the molecule is C[C@@H](C(=O)N[C@H]1CCCc2ccccc21)N(C)Cc1ccc(C(C)(C)C)cc1. The first-order valence-electron chi connectivity index (χ1n) is 10.4. The predicted molar refractivity (Wildman–Crippen MR) is 116 cm³/mol. The number of rotatable bonds is 5. The first-order chi connectivity index (χ1) is 13.3. The number of aryl methyl sites for hydroxylation is 1. The van der Waals surface area contributed by atoms with Crippen LogP contribution in [-0.4, -0.2) is 23.9 Å². The van der Waals surface area contributed by atoms with Crippen LogP contribution in [0.15, 0.2) is 48.5 Å². The van der Waals surface area contributed by atoms with E-state index in [1.807, 2.05) is 14.0 Å². The van der Waals surface area contributed by atoms with Crippen LogP contribution in [0.25, 0.3) is 0 Å². The zero-order valence-electron chi connectivity index (χ0n) is 18.0. The molecule has 0 aliphatic heterocycles. The lowest BCUT2D eigenvalue weighted by molar-refractivity contribution is -0.126. The van der Waals surface area contributed by atoms with Crippen LogP contribution < -0.4 is 5.32 Å². The van der Waals surface area contributed by atoms with Gasteiger partial charge in [0.15, 0.2) is 0 Å². The summed E-state index contributed by atoms with van der Waals surface area (Å²) < 4.78 is 0. The molecule has 3 nitrogen and oxygen atoms in total. The number of carbonyl (C=O) groups is 1. The lowest BCUT2D eigenvalue weighted by Gasteiger charge is -2.30. The Kier molecular flexibility index (Phi) is 6.24. The highest BCUT2D eigenvalue weighted by molar-refractivity contribution is 5.81. The van der Waals surface area contributed by atoms with E-state index in [0.717, 1.165) is 25.8 Å². The maximum Gasteiger partial charge on any atom is 0.237 e. The van der Waals surface area contributed by atoms with E-state index in [-0.39, 0.29) is 23.4 Å². The molecular weight excluding hydrogens is 344 g/mol. The lowest BCUT2D eigenvalue weighted by Crippen LogP contribution is -2.44. The monoisotopic (exact) mass is 378 g/mol. The Morgan fingerprint density at radius 3 is 2.50 bits per heavy atom. The van der Waals surface area contributed by atoms with Crippen molar-refractivity contribution in [1.82, 2.24) is 10.2 Å². The number of likely N-dealkylation sites (N-methyl/N-ethyl adjacent to an activating group) is 1. The average molecular weight is 379 g/mol. The summed E-state index contributed by atoms with van der Waals surface area (Å²) in [5.41, 5.74) is 5.39. The number of nitrogens with zero attached hydrogens (tertiary/aromatic N) is 1. The van der Waals surface area contributed by atoms with E-state index in [4.69, 9.17) is 0 Å². The first-order valence-corrected chi connectivity index (χ1v) is 10.4. The van der Waals surface area contributed by atoms with E-state index in [1.54, 1.807) is 0 Å². The number of amides is 1. The summed E-state index contributed by atoms with van der Waals surface area (Å²) in [6.45, 7) is 9.44. The summed E-state index contributed by atoms with van der Waals surface area (Å²) >= 11 is 0. The molecule has 1 aliphatic carbocycles. The van der Waals surface area contributed by atoms with Gasteiger partial charge in [0, 0.05) is 6.54 Å². The number of benzene rings is 2. The van der Waals surface area contributed by atoms with Crippen LogP contribution in [-0.2, 0) is 23.2 Å². The Bertz CT molecular complexity index is 804. The maximum absolute atomic E-state index is 12.9. The normalized spacial score (nSPS) is 17.9. The molecule has 0 radical (unpaired) electrons. The van der Waals surface area contributed by atoms with E-state index >= 15 is 0 Å². The van der Waals surface area contributed by atoms with E-state index in [0.29, 0.717) is 0 Å². The van der Waals surface area contributed by atoms with Crippen molar-refractivity contribution in [2.24, 2.45) is 0 Å². The van der Waals surface area contributed by atoms with Crippen molar-refractivity contribution in [1.29, 1.82) is 0 Å². The average Bonchev–Trinajstić information content (AvgIpc) is 2.67. The third-order valence-corrected chi connectivity index (χ3v) is 5.98. The Balaban J connectivity index is 1.60. The molecule has 1 amide bonds. The number of nitrogens with one attached hydrogen (secondary N) is 1. The molecule has 0 unspecified atom stereocenters. The molecule has 3 rings (SSSR count). The van der Waals surface area contributed by atoms with Crippen molar-refractivity contribution in [2.75, 3.05) is 7.05 Å². The van der Waals surface area contributed by atoms with Crippen molar-refractivity contribution in [3.63, 3.8) is 0 Å². The minimum absolute atomic E-state index is 0.107. The smallest absolute Gasteiger partial charge is 0.237 e. The second-order valence-electron chi connectivity index (χ2n) is 9.19. The quantitative estimate of drug-likeness (QED) is 0.794. The molecule has 0 aromatic heterocycles. The highest BCUT2D eigenvalue weighted by Crippen LogP contribution is 2.29. The summed E-state index contributed by atoms with van der Waals surface area (Å²) in [4.78, 5) is 15.0. The fourth-order valence-electron chi connectivity index (χ4n) is 3.93. The van der Waals surface area contributed by atoms with Crippen molar-refractivity contribution in [3.8, 4) is 0 Å². The third kappa shape index (κ3) is 4.82. The van der Waals surface area contributed by atoms with Gasteiger partial charge in [-0.3, -0.25) is 9.69 Å². The zero-order chi connectivity index (χ0) is 20.3. The van der Waals surface area contributed by atoms with Gasteiger partial charge in [0.2, 0.25) is 5.91 Å².